The molecule has 0 unspecified atom stereocenters. The molecule has 0 saturated carbocycles. The molecule has 0 aliphatic heterocycles. The minimum Gasteiger partial charge on any atom is -0.394 e. The van der Waals surface area contributed by atoms with Crippen molar-refractivity contribution in [2.45, 2.75) is 20.4 Å². The molecule has 15 heavy (non-hydrogen) atoms. The van der Waals surface area contributed by atoms with Crippen molar-refractivity contribution in [2.75, 3.05) is 26.4 Å². The van der Waals surface area contributed by atoms with E-state index in [0.717, 1.165) is 23.8 Å². The van der Waals surface area contributed by atoms with E-state index < -0.39 is 0 Å². The van der Waals surface area contributed by atoms with Gasteiger partial charge in [-0.05, 0) is 13.8 Å². The van der Waals surface area contributed by atoms with E-state index in [2.05, 4.69) is 17.2 Å². The van der Waals surface area contributed by atoms with Crippen molar-refractivity contribution < 1.29 is 9.84 Å². The average molecular weight is 230 g/mol. The number of aromatic nitrogens is 1. The maximum atomic E-state index is 8.48. The number of aliphatic hydroxyl groups excluding tert-OH is 1. The van der Waals surface area contributed by atoms with Gasteiger partial charge in [-0.3, -0.25) is 0 Å². The summed E-state index contributed by atoms with van der Waals surface area (Å²) in [5.74, 6) is 0. The second-order valence-electron chi connectivity index (χ2n) is 3.26. The highest BCUT2D eigenvalue weighted by atomic mass is 32.1. The molecule has 5 heteroatoms. The summed E-state index contributed by atoms with van der Waals surface area (Å²) in [6.45, 7) is 6.83. The third kappa shape index (κ3) is 4.70. The number of nitrogens with zero attached hydrogens (tertiary/aromatic N) is 1. The monoisotopic (exact) mass is 230 g/mol. The van der Waals surface area contributed by atoms with E-state index in [1.165, 1.54) is 4.88 Å². The Morgan fingerprint density at radius 3 is 2.80 bits per heavy atom. The number of ether oxygens (including phenoxy) is 1. The summed E-state index contributed by atoms with van der Waals surface area (Å²) in [6, 6.07) is 0. The van der Waals surface area contributed by atoms with Crippen LogP contribution in [0.3, 0.4) is 0 Å². The fourth-order valence-electron chi connectivity index (χ4n) is 1.12. The lowest BCUT2D eigenvalue weighted by Crippen LogP contribution is -2.19. The highest BCUT2D eigenvalue weighted by Crippen LogP contribution is 2.15. The van der Waals surface area contributed by atoms with E-state index in [0.29, 0.717) is 13.2 Å². The molecular formula is C10H18N2O2S. The van der Waals surface area contributed by atoms with Crippen molar-refractivity contribution in [3.8, 4) is 0 Å². The molecule has 0 atom stereocenters. The molecule has 0 saturated heterocycles. The highest BCUT2D eigenvalue weighted by Gasteiger charge is 2.02. The Bertz CT molecular complexity index is 269. The molecule has 2 N–H and O–H groups in total. The Balaban J connectivity index is 2.10. The number of thiazole rings is 1. The Hall–Kier alpha value is -0.490. The number of rotatable bonds is 7. The van der Waals surface area contributed by atoms with Gasteiger partial charge in [-0.2, -0.15) is 0 Å². The summed E-state index contributed by atoms with van der Waals surface area (Å²) in [5.41, 5.74) is 1.12. The fraction of sp³-hybridized carbons (Fsp3) is 0.700. The molecule has 4 nitrogen and oxygen atoms in total. The van der Waals surface area contributed by atoms with Crippen LogP contribution < -0.4 is 5.32 Å². The minimum atomic E-state index is 0.0882. The normalized spacial score (nSPS) is 10.9. The van der Waals surface area contributed by atoms with Gasteiger partial charge in [-0.1, -0.05) is 0 Å². The fourth-order valence-corrected chi connectivity index (χ4v) is 2.02. The molecule has 1 rings (SSSR count). The van der Waals surface area contributed by atoms with E-state index in [-0.39, 0.29) is 6.61 Å². The minimum absolute atomic E-state index is 0.0882. The van der Waals surface area contributed by atoms with Crippen LogP contribution in [0.15, 0.2) is 0 Å². The summed E-state index contributed by atoms with van der Waals surface area (Å²) in [7, 11) is 0. The molecule has 0 aromatic carbocycles. The van der Waals surface area contributed by atoms with Gasteiger partial charge in [0.25, 0.3) is 0 Å². The molecule has 0 aliphatic rings. The van der Waals surface area contributed by atoms with Gasteiger partial charge in [0.2, 0.25) is 0 Å². The van der Waals surface area contributed by atoms with Gasteiger partial charge < -0.3 is 15.2 Å². The lowest BCUT2D eigenvalue weighted by Gasteiger charge is -2.02. The Morgan fingerprint density at radius 2 is 2.20 bits per heavy atom. The smallest absolute Gasteiger partial charge is 0.107 e. The number of aliphatic hydroxyl groups is 1. The van der Waals surface area contributed by atoms with Crippen molar-refractivity contribution in [1.29, 1.82) is 0 Å². The Kier molecular flexibility index (Phi) is 5.78. The molecule has 1 aromatic rings. The lowest BCUT2D eigenvalue weighted by molar-refractivity contribution is 0.0938. The van der Waals surface area contributed by atoms with Crippen LogP contribution in [-0.4, -0.2) is 36.5 Å². The van der Waals surface area contributed by atoms with Crippen LogP contribution >= 0.6 is 11.3 Å². The molecule has 0 radical (unpaired) electrons. The lowest BCUT2D eigenvalue weighted by atomic mass is 10.4. The van der Waals surface area contributed by atoms with Crippen LogP contribution in [0.4, 0.5) is 0 Å². The zero-order valence-corrected chi connectivity index (χ0v) is 10.1. The van der Waals surface area contributed by atoms with E-state index >= 15 is 0 Å². The van der Waals surface area contributed by atoms with Crippen molar-refractivity contribution in [3.05, 3.63) is 15.6 Å². The summed E-state index contributed by atoms with van der Waals surface area (Å²) in [5, 5.41) is 12.8. The maximum Gasteiger partial charge on any atom is 0.107 e. The van der Waals surface area contributed by atoms with Gasteiger partial charge in [0.15, 0.2) is 0 Å². The highest BCUT2D eigenvalue weighted by molar-refractivity contribution is 7.11. The summed E-state index contributed by atoms with van der Waals surface area (Å²) in [6.07, 6.45) is 0. The predicted octanol–water partition coefficient (Wildman–Crippen LogP) is 0.858. The standard InChI is InChI=1S/C10H18N2O2S/c1-8-9(2)15-10(12-8)7-11-3-5-14-6-4-13/h11,13H,3-7H2,1-2H3. The molecule has 0 aliphatic carbocycles. The molecule has 1 heterocycles. The van der Waals surface area contributed by atoms with Crippen molar-refractivity contribution in [3.63, 3.8) is 0 Å². The van der Waals surface area contributed by atoms with E-state index in [4.69, 9.17) is 9.84 Å². The number of hydrogen-bond acceptors (Lipinski definition) is 5. The second-order valence-corrected chi connectivity index (χ2v) is 4.55. The second kappa shape index (κ2) is 6.90. The zero-order valence-electron chi connectivity index (χ0n) is 9.25. The largest absolute Gasteiger partial charge is 0.394 e. The van der Waals surface area contributed by atoms with Gasteiger partial charge in [-0.25, -0.2) is 4.98 Å². The number of hydrogen-bond donors (Lipinski definition) is 2. The molecule has 1 aromatic heterocycles. The SMILES string of the molecule is Cc1nc(CNCCOCCO)sc1C. The first kappa shape index (κ1) is 12.6. The number of aryl methyl sites for hydroxylation is 2. The van der Waals surface area contributed by atoms with E-state index in [9.17, 15) is 0 Å². The topological polar surface area (TPSA) is 54.4 Å². The van der Waals surface area contributed by atoms with Gasteiger partial charge in [0, 0.05) is 18.0 Å². The molecule has 0 fully saturated rings. The summed E-state index contributed by atoms with van der Waals surface area (Å²) >= 11 is 1.73. The first-order valence-electron chi connectivity index (χ1n) is 5.06. The van der Waals surface area contributed by atoms with Crippen LogP contribution in [0.1, 0.15) is 15.6 Å². The first-order chi connectivity index (χ1) is 7.24. The van der Waals surface area contributed by atoms with Crippen LogP contribution in [0.5, 0.6) is 0 Å². The van der Waals surface area contributed by atoms with Crippen LogP contribution in [0.25, 0.3) is 0 Å². The third-order valence-electron chi connectivity index (χ3n) is 2.01. The maximum absolute atomic E-state index is 8.48. The molecular weight excluding hydrogens is 212 g/mol. The van der Waals surface area contributed by atoms with Crippen LogP contribution in [0, 0.1) is 13.8 Å². The quantitative estimate of drug-likeness (QED) is 0.682. The zero-order chi connectivity index (χ0) is 11.1. The Labute approximate surface area is 94.3 Å². The van der Waals surface area contributed by atoms with E-state index in [1.807, 2.05) is 6.92 Å². The Morgan fingerprint density at radius 1 is 1.40 bits per heavy atom. The predicted molar refractivity (Wildman–Crippen MR) is 61.2 cm³/mol. The molecule has 0 spiro atoms. The van der Waals surface area contributed by atoms with Crippen molar-refractivity contribution in [1.82, 2.24) is 10.3 Å². The van der Waals surface area contributed by atoms with Gasteiger partial charge >= 0.3 is 0 Å². The summed E-state index contributed by atoms with van der Waals surface area (Å²) < 4.78 is 5.12. The molecule has 86 valence electrons. The molecule has 0 bridgehead atoms. The van der Waals surface area contributed by atoms with Crippen molar-refractivity contribution >= 4 is 11.3 Å². The van der Waals surface area contributed by atoms with E-state index in [1.54, 1.807) is 11.3 Å². The number of nitrogens with one attached hydrogen (secondary N) is 1. The van der Waals surface area contributed by atoms with Gasteiger partial charge in [0.05, 0.1) is 25.5 Å². The van der Waals surface area contributed by atoms with Crippen molar-refractivity contribution in [2.24, 2.45) is 0 Å². The van der Waals surface area contributed by atoms with Gasteiger partial charge in [0.1, 0.15) is 5.01 Å². The van der Waals surface area contributed by atoms with Gasteiger partial charge in [-0.15, -0.1) is 11.3 Å². The van der Waals surface area contributed by atoms with Crippen LogP contribution in [0.2, 0.25) is 0 Å². The first-order valence-corrected chi connectivity index (χ1v) is 5.88. The third-order valence-corrected chi connectivity index (χ3v) is 3.08. The summed E-state index contributed by atoms with van der Waals surface area (Å²) in [4.78, 5) is 5.70. The average Bonchev–Trinajstić information content (AvgIpc) is 2.52. The molecule has 0 amide bonds. The van der Waals surface area contributed by atoms with Crippen LogP contribution in [-0.2, 0) is 11.3 Å².